The van der Waals surface area contributed by atoms with Crippen molar-refractivity contribution >= 4 is 40.3 Å². The van der Waals surface area contributed by atoms with Crippen LogP contribution in [-0.4, -0.2) is 12.1 Å². The summed E-state index contributed by atoms with van der Waals surface area (Å²) < 4.78 is 1.16. The van der Waals surface area contributed by atoms with Crippen LogP contribution in [0.1, 0.15) is 48.5 Å². The molecule has 5 heteroatoms. The van der Waals surface area contributed by atoms with Gasteiger partial charge in [0.15, 0.2) is 0 Å². The number of rotatable bonds is 5. The number of nitrogen functional groups attached to an aromatic ring is 1. The van der Waals surface area contributed by atoms with Crippen molar-refractivity contribution in [3.05, 3.63) is 40.8 Å². The standard InChI is InChI=1S/C18H23N3S2/c1-22-18-15(11-16(23-18)17(19)20)21-14-9-7-13(8-10-14)12-5-3-2-4-6-12/h7-12,21H,2-6H2,1H3,(H3,19,20). The number of benzene rings is 1. The molecule has 23 heavy (non-hydrogen) atoms. The summed E-state index contributed by atoms with van der Waals surface area (Å²) in [7, 11) is 0. The fraction of sp³-hybridized carbons (Fsp3) is 0.389. The number of amidine groups is 1. The monoisotopic (exact) mass is 345 g/mol. The Morgan fingerprint density at radius 1 is 1.22 bits per heavy atom. The molecule has 1 aromatic carbocycles. The Morgan fingerprint density at radius 2 is 1.91 bits per heavy atom. The summed E-state index contributed by atoms with van der Waals surface area (Å²) >= 11 is 3.25. The minimum absolute atomic E-state index is 0.131. The van der Waals surface area contributed by atoms with Gasteiger partial charge in [0.25, 0.3) is 0 Å². The van der Waals surface area contributed by atoms with E-state index in [0.29, 0.717) is 0 Å². The topological polar surface area (TPSA) is 61.9 Å². The number of nitrogens with one attached hydrogen (secondary N) is 2. The molecule has 0 radical (unpaired) electrons. The molecule has 0 atom stereocenters. The van der Waals surface area contributed by atoms with Crippen LogP contribution >= 0.6 is 23.1 Å². The molecule has 0 amide bonds. The van der Waals surface area contributed by atoms with Crippen molar-refractivity contribution in [3.8, 4) is 0 Å². The molecule has 1 aliphatic carbocycles. The van der Waals surface area contributed by atoms with Crippen LogP contribution in [0.2, 0.25) is 0 Å². The molecular weight excluding hydrogens is 322 g/mol. The highest BCUT2D eigenvalue weighted by molar-refractivity contribution is 8.00. The van der Waals surface area contributed by atoms with Crippen molar-refractivity contribution in [3.63, 3.8) is 0 Å². The van der Waals surface area contributed by atoms with Gasteiger partial charge in [-0.05, 0) is 48.8 Å². The van der Waals surface area contributed by atoms with Crippen LogP contribution in [0.4, 0.5) is 11.4 Å². The van der Waals surface area contributed by atoms with Gasteiger partial charge in [-0.15, -0.1) is 23.1 Å². The highest BCUT2D eigenvalue weighted by Crippen LogP contribution is 2.37. The molecule has 3 nitrogen and oxygen atoms in total. The number of thiophene rings is 1. The Morgan fingerprint density at radius 3 is 2.52 bits per heavy atom. The first-order valence-electron chi connectivity index (χ1n) is 8.06. The molecule has 4 N–H and O–H groups in total. The zero-order chi connectivity index (χ0) is 16.2. The third kappa shape index (κ3) is 3.90. The highest BCUT2D eigenvalue weighted by atomic mass is 32.2. The fourth-order valence-electron chi connectivity index (χ4n) is 3.18. The Labute approximate surface area is 146 Å². The SMILES string of the molecule is CSc1sc(C(=N)N)cc1Nc1ccc(C2CCCCC2)cc1. The second-order valence-corrected chi connectivity index (χ2v) is 8.14. The Hall–Kier alpha value is -1.46. The summed E-state index contributed by atoms with van der Waals surface area (Å²) in [5.41, 5.74) is 9.20. The van der Waals surface area contributed by atoms with Gasteiger partial charge in [-0.25, -0.2) is 0 Å². The predicted octanol–water partition coefficient (Wildman–Crippen LogP) is 5.55. The van der Waals surface area contributed by atoms with Gasteiger partial charge in [0.2, 0.25) is 0 Å². The van der Waals surface area contributed by atoms with Gasteiger partial charge in [0, 0.05) is 5.69 Å². The normalized spacial score (nSPS) is 15.5. The Bertz CT molecular complexity index is 670. The molecule has 2 aromatic rings. The Kier molecular flexibility index (Phi) is 5.28. The maximum absolute atomic E-state index is 7.59. The first kappa shape index (κ1) is 16.4. The van der Waals surface area contributed by atoms with Crippen LogP contribution in [0, 0.1) is 5.41 Å². The number of thioether (sulfide) groups is 1. The van der Waals surface area contributed by atoms with E-state index < -0.39 is 0 Å². The van der Waals surface area contributed by atoms with Gasteiger partial charge in [-0.1, -0.05) is 31.4 Å². The van der Waals surface area contributed by atoms with Crippen molar-refractivity contribution in [1.29, 1.82) is 5.41 Å². The molecule has 0 bridgehead atoms. The molecule has 1 fully saturated rings. The highest BCUT2D eigenvalue weighted by Gasteiger charge is 2.15. The average Bonchev–Trinajstić information content (AvgIpc) is 2.99. The molecule has 1 aromatic heterocycles. The largest absolute Gasteiger partial charge is 0.383 e. The molecule has 0 aliphatic heterocycles. The summed E-state index contributed by atoms with van der Waals surface area (Å²) in [4.78, 5) is 0.815. The van der Waals surface area contributed by atoms with Crippen LogP contribution < -0.4 is 11.1 Å². The van der Waals surface area contributed by atoms with E-state index in [1.807, 2.05) is 12.3 Å². The van der Waals surface area contributed by atoms with Gasteiger partial charge in [0.05, 0.1) is 14.8 Å². The van der Waals surface area contributed by atoms with Crippen molar-refractivity contribution in [1.82, 2.24) is 0 Å². The summed E-state index contributed by atoms with van der Waals surface area (Å²) in [6, 6.07) is 10.8. The van der Waals surface area contributed by atoms with E-state index >= 15 is 0 Å². The number of nitrogens with two attached hydrogens (primary N) is 1. The van der Waals surface area contributed by atoms with E-state index in [4.69, 9.17) is 11.1 Å². The minimum Gasteiger partial charge on any atom is -0.383 e. The zero-order valence-corrected chi connectivity index (χ0v) is 15.0. The second kappa shape index (κ2) is 7.41. The predicted molar refractivity (Wildman–Crippen MR) is 103 cm³/mol. The molecule has 1 aliphatic rings. The van der Waals surface area contributed by atoms with E-state index in [-0.39, 0.29) is 5.84 Å². The van der Waals surface area contributed by atoms with Gasteiger partial charge in [-0.3, -0.25) is 5.41 Å². The van der Waals surface area contributed by atoms with Gasteiger partial charge in [0.1, 0.15) is 5.84 Å². The number of hydrogen-bond donors (Lipinski definition) is 3. The lowest BCUT2D eigenvalue weighted by atomic mass is 9.84. The molecule has 122 valence electrons. The minimum atomic E-state index is 0.131. The van der Waals surface area contributed by atoms with E-state index in [1.165, 1.54) is 37.7 Å². The maximum atomic E-state index is 7.59. The lowest BCUT2D eigenvalue weighted by molar-refractivity contribution is 0.443. The molecule has 1 heterocycles. The van der Waals surface area contributed by atoms with Crippen molar-refractivity contribution in [2.24, 2.45) is 5.73 Å². The lowest BCUT2D eigenvalue weighted by Crippen LogP contribution is -2.08. The second-order valence-electron chi connectivity index (χ2n) is 6.01. The van der Waals surface area contributed by atoms with Crippen molar-refractivity contribution in [2.75, 3.05) is 11.6 Å². The quantitative estimate of drug-likeness (QED) is 0.378. The molecule has 0 spiro atoms. The fourth-order valence-corrected chi connectivity index (χ4v) is 4.81. The van der Waals surface area contributed by atoms with Crippen molar-refractivity contribution < 1.29 is 0 Å². The van der Waals surface area contributed by atoms with Crippen molar-refractivity contribution in [2.45, 2.75) is 42.2 Å². The number of anilines is 2. The summed E-state index contributed by atoms with van der Waals surface area (Å²) in [5, 5.41) is 11.1. The molecular formula is C18H23N3S2. The van der Waals surface area contributed by atoms with E-state index in [1.54, 1.807) is 23.1 Å². The summed E-state index contributed by atoms with van der Waals surface area (Å²) in [5.74, 6) is 0.871. The van der Waals surface area contributed by atoms with E-state index in [9.17, 15) is 0 Å². The van der Waals surface area contributed by atoms with Crippen LogP contribution in [-0.2, 0) is 0 Å². The maximum Gasteiger partial charge on any atom is 0.133 e. The average molecular weight is 346 g/mol. The summed E-state index contributed by atoms with van der Waals surface area (Å²) in [6.45, 7) is 0. The zero-order valence-electron chi connectivity index (χ0n) is 13.4. The first-order chi connectivity index (χ1) is 11.2. The van der Waals surface area contributed by atoms with E-state index in [0.717, 1.165) is 26.4 Å². The first-order valence-corrected chi connectivity index (χ1v) is 10.1. The molecule has 0 saturated heterocycles. The Balaban J connectivity index is 1.74. The van der Waals surface area contributed by atoms with Gasteiger partial charge in [-0.2, -0.15) is 0 Å². The lowest BCUT2D eigenvalue weighted by Gasteiger charge is -2.22. The van der Waals surface area contributed by atoms with Crippen LogP contribution in [0.25, 0.3) is 0 Å². The van der Waals surface area contributed by atoms with Crippen LogP contribution in [0.5, 0.6) is 0 Å². The molecule has 3 rings (SSSR count). The number of hydrogen-bond acceptors (Lipinski definition) is 4. The van der Waals surface area contributed by atoms with Gasteiger partial charge >= 0.3 is 0 Å². The smallest absolute Gasteiger partial charge is 0.133 e. The summed E-state index contributed by atoms with van der Waals surface area (Å²) in [6.07, 6.45) is 8.83. The van der Waals surface area contributed by atoms with Crippen LogP contribution in [0.3, 0.4) is 0 Å². The van der Waals surface area contributed by atoms with Crippen LogP contribution in [0.15, 0.2) is 34.5 Å². The van der Waals surface area contributed by atoms with E-state index in [2.05, 4.69) is 29.6 Å². The third-order valence-electron chi connectivity index (χ3n) is 4.42. The van der Waals surface area contributed by atoms with Gasteiger partial charge < -0.3 is 11.1 Å². The molecule has 1 saturated carbocycles. The third-order valence-corrected chi connectivity index (χ3v) is 6.72. The molecule has 0 unspecified atom stereocenters.